The Morgan fingerprint density at radius 2 is 2.16 bits per heavy atom. The zero-order chi connectivity index (χ0) is 14.4. The number of non-ortho nitro benzene ring substituents is 1. The fourth-order valence-electron chi connectivity index (χ4n) is 1.61. The number of carbonyl (C=O) groups excluding carboxylic acids is 1. The Kier molecular flexibility index (Phi) is 5.44. The lowest BCUT2D eigenvalue weighted by Gasteiger charge is -2.13. The fraction of sp³-hybridized carbons (Fsp3) is 0.462. The molecule has 1 unspecified atom stereocenters. The topological polar surface area (TPSA) is 84.3 Å². The first-order valence-electron chi connectivity index (χ1n) is 6.22. The molecule has 0 heterocycles. The highest BCUT2D eigenvalue weighted by atomic mass is 16.6. The first-order chi connectivity index (χ1) is 8.95. The summed E-state index contributed by atoms with van der Waals surface area (Å²) in [6, 6.07) is 4.40. The van der Waals surface area contributed by atoms with Crippen molar-refractivity contribution in [3.63, 3.8) is 0 Å². The highest BCUT2D eigenvalue weighted by molar-refractivity contribution is 5.93. The lowest BCUT2D eigenvalue weighted by Crippen LogP contribution is -2.30. The van der Waals surface area contributed by atoms with Gasteiger partial charge in [0.1, 0.15) is 0 Å². The Hall–Kier alpha value is -1.95. The number of amides is 1. The minimum Gasteiger partial charge on any atom is -0.326 e. The molecule has 19 heavy (non-hydrogen) atoms. The molecule has 0 spiro atoms. The second-order valence-corrected chi connectivity index (χ2v) is 4.45. The van der Waals surface area contributed by atoms with Crippen LogP contribution in [0.15, 0.2) is 18.2 Å². The molecule has 6 nitrogen and oxygen atoms in total. The van der Waals surface area contributed by atoms with Crippen LogP contribution < -0.4 is 10.6 Å². The number of rotatable bonds is 6. The molecule has 1 atom stereocenters. The molecule has 1 aromatic rings. The van der Waals surface area contributed by atoms with Crippen molar-refractivity contribution in [1.29, 1.82) is 0 Å². The summed E-state index contributed by atoms with van der Waals surface area (Å²) in [5.74, 6) is -0.257. The van der Waals surface area contributed by atoms with Crippen molar-refractivity contribution < 1.29 is 9.72 Å². The zero-order valence-corrected chi connectivity index (χ0v) is 11.4. The van der Waals surface area contributed by atoms with Gasteiger partial charge >= 0.3 is 0 Å². The number of hydrogen-bond donors (Lipinski definition) is 2. The van der Waals surface area contributed by atoms with E-state index in [0.29, 0.717) is 17.8 Å². The predicted molar refractivity (Wildman–Crippen MR) is 74.2 cm³/mol. The summed E-state index contributed by atoms with van der Waals surface area (Å²) in [6.45, 7) is 6.96. The largest absolute Gasteiger partial charge is 0.326 e. The van der Waals surface area contributed by atoms with Gasteiger partial charge in [-0.3, -0.25) is 14.9 Å². The molecule has 0 aliphatic carbocycles. The average Bonchev–Trinajstić information content (AvgIpc) is 2.37. The maximum absolute atomic E-state index is 11.9. The van der Waals surface area contributed by atoms with Crippen LogP contribution >= 0.6 is 0 Å². The molecule has 0 radical (unpaired) electrons. The highest BCUT2D eigenvalue weighted by Crippen LogP contribution is 2.21. The predicted octanol–water partition coefficient (Wildman–Crippen LogP) is 2.09. The number of nitrogens with one attached hydrogen (secondary N) is 2. The number of nitro benzene ring substituents is 1. The molecule has 1 aromatic carbocycles. The summed E-state index contributed by atoms with van der Waals surface area (Å²) in [5, 5.41) is 16.5. The molecular weight excluding hydrogens is 246 g/mol. The van der Waals surface area contributed by atoms with E-state index in [2.05, 4.69) is 10.6 Å². The molecule has 1 rings (SSSR count). The van der Waals surface area contributed by atoms with Crippen molar-refractivity contribution in [3.05, 3.63) is 33.9 Å². The number of nitrogens with zero attached hydrogens (tertiary/aromatic N) is 1. The van der Waals surface area contributed by atoms with Crippen LogP contribution in [0.25, 0.3) is 0 Å². The van der Waals surface area contributed by atoms with Gasteiger partial charge in [-0.25, -0.2) is 0 Å². The van der Waals surface area contributed by atoms with Gasteiger partial charge in [0, 0.05) is 30.3 Å². The molecule has 1 amide bonds. The van der Waals surface area contributed by atoms with E-state index in [9.17, 15) is 14.9 Å². The van der Waals surface area contributed by atoms with Crippen LogP contribution in [0.2, 0.25) is 0 Å². The summed E-state index contributed by atoms with van der Waals surface area (Å²) < 4.78 is 0. The van der Waals surface area contributed by atoms with Crippen molar-refractivity contribution in [2.75, 3.05) is 18.4 Å². The summed E-state index contributed by atoms with van der Waals surface area (Å²) >= 11 is 0. The fourth-order valence-corrected chi connectivity index (χ4v) is 1.61. The normalized spacial score (nSPS) is 11.9. The number of nitro groups is 1. The van der Waals surface area contributed by atoms with E-state index >= 15 is 0 Å². The van der Waals surface area contributed by atoms with E-state index < -0.39 is 4.92 Å². The number of carbonyl (C=O) groups is 1. The first-order valence-corrected chi connectivity index (χ1v) is 6.22. The number of aryl methyl sites for hydroxylation is 1. The van der Waals surface area contributed by atoms with Crippen molar-refractivity contribution in [2.24, 2.45) is 5.92 Å². The Bertz CT molecular complexity index is 474. The van der Waals surface area contributed by atoms with Gasteiger partial charge in [0.25, 0.3) is 5.69 Å². The lowest BCUT2D eigenvalue weighted by molar-refractivity contribution is -0.384. The van der Waals surface area contributed by atoms with Crippen molar-refractivity contribution >= 4 is 17.3 Å². The summed E-state index contributed by atoms with van der Waals surface area (Å²) in [5.41, 5.74) is 1.31. The third-order valence-electron chi connectivity index (χ3n) is 2.83. The highest BCUT2D eigenvalue weighted by Gasteiger charge is 2.14. The first kappa shape index (κ1) is 15.1. The molecule has 104 valence electrons. The SMILES string of the molecule is CCNCC(C)C(=O)Nc1ccc([N+](=O)[O-])cc1C. The van der Waals surface area contributed by atoms with Crippen molar-refractivity contribution in [1.82, 2.24) is 5.32 Å². The summed E-state index contributed by atoms with van der Waals surface area (Å²) in [7, 11) is 0. The molecular formula is C13H19N3O3. The Balaban J connectivity index is 2.72. The standard InChI is InChI=1S/C13H19N3O3/c1-4-14-8-10(3)13(17)15-12-6-5-11(16(18)19)7-9(12)2/h5-7,10,14H,4,8H2,1-3H3,(H,15,17). The van der Waals surface area contributed by atoms with Crippen molar-refractivity contribution in [2.45, 2.75) is 20.8 Å². The molecule has 6 heteroatoms. The third-order valence-corrected chi connectivity index (χ3v) is 2.83. The van der Waals surface area contributed by atoms with Gasteiger partial charge in [-0.2, -0.15) is 0 Å². The Labute approximate surface area is 112 Å². The quantitative estimate of drug-likeness (QED) is 0.609. The third kappa shape index (κ3) is 4.33. The maximum Gasteiger partial charge on any atom is 0.269 e. The van der Waals surface area contributed by atoms with Crippen molar-refractivity contribution in [3.8, 4) is 0 Å². The van der Waals surface area contributed by atoms with Gasteiger partial charge < -0.3 is 10.6 Å². The average molecular weight is 265 g/mol. The van der Waals surface area contributed by atoms with Gasteiger partial charge in [0.05, 0.1) is 4.92 Å². The molecule has 0 saturated heterocycles. The summed E-state index contributed by atoms with van der Waals surface area (Å²) in [4.78, 5) is 22.1. The van der Waals surface area contributed by atoms with Gasteiger partial charge in [-0.1, -0.05) is 13.8 Å². The number of hydrogen-bond acceptors (Lipinski definition) is 4. The van der Waals surface area contributed by atoms with E-state index in [4.69, 9.17) is 0 Å². The van der Waals surface area contributed by atoms with Gasteiger partial charge in [0.15, 0.2) is 0 Å². The van der Waals surface area contributed by atoms with Crippen LogP contribution in [0.5, 0.6) is 0 Å². The molecule has 0 bridgehead atoms. The Morgan fingerprint density at radius 3 is 2.68 bits per heavy atom. The number of anilines is 1. The summed E-state index contributed by atoms with van der Waals surface area (Å²) in [6.07, 6.45) is 0. The van der Waals surface area contributed by atoms with Crippen LogP contribution in [0, 0.1) is 23.0 Å². The van der Waals surface area contributed by atoms with Gasteiger partial charge in [0.2, 0.25) is 5.91 Å². The van der Waals surface area contributed by atoms with Gasteiger partial charge in [-0.15, -0.1) is 0 Å². The maximum atomic E-state index is 11.9. The smallest absolute Gasteiger partial charge is 0.269 e. The second-order valence-electron chi connectivity index (χ2n) is 4.45. The zero-order valence-electron chi connectivity index (χ0n) is 11.4. The number of benzene rings is 1. The Morgan fingerprint density at radius 1 is 1.47 bits per heavy atom. The molecule has 0 saturated carbocycles. The monoisotopic (exact) mass is 265 g/mol. The van der Waals surface area contributed by atoms with Crippen LogP contribution in [0.3, 0.4) is 0 Å². The molecule has 0 aliphatic heterocycles. The minimum atomic E-state index is -0.452. The second kappa shape index (κ2) is 6.84. The van der Waals surface area contributed by atoms with Crippen LogP contribution in [-0.4, -0.2) is 23.9 Å². The van der Waals surface area contributed by atoms with Crippen LogP contribution in [-0.2, 0) is 4.79 Å². The van der Waals surface area contributed by atoms with E-state index in [1.54, 1.807) is 13.0 Å². The van der Waals surface area contributed by atoms with E-state index in [1.165, 1.54) is 12.1 Å². The molecule has 0 fully saturated rings. The van der Waals surface area contributed by atoms with E-state index in [1.807, 2.05) is 13.8 Å². The molecule has 0 aromatic heterocycles. The lowest BCUT2D eigenvalue weighted by atomic mass is 10.1. The van der Waals surface area contributed by atoms with Crippen LogP contribution in [0.4, 0.5) is 11.4 Å². The van der Waals surface area contributed by atoms with Gasteiger partial charge in [-0.05, 0) is 25.1 Å². The molecule has 0 aliphatic rings. The van der Waals surface area contributed by atoms with E-state index in [0.717, 1.165) is 6.54 Å². The van der Waals surface area contributed by atoms with E-state index in [-0.39, 0.29) is 17.5 Å². The molecule has 2 N–H and O–H groups in total. The minimum absolute atomic E-state index is 0.0243. The van der Waals surface area contributed by atoms with Crippen LogP contribution in [0.1, 0.15) is 19.4 Å².